The van der Waals surface area contributed by atoms with Gasteiger partial charge in [-0.15, -0.1) is 12.6 Å². The van der Waals surface area contributed by atoms with Crippen molar-refractivity contribution >= 4 is 35.1 Å². The fourth-order valence-electron chi connectivity index (χ4n) is 0.648. The highest BCUT2D eigenvalue weighted by Gasteiger charge is 2.09. The van der Waals surface area contributed by atoms with Crippen LogP contribution < -0.4 is 10.9 Å². The number of rotatable bonds is 1. The molecule has 0 bridgehead atoms. The van der Waals surface area contributed by atoms with Gasteiger partial charge in [-0.05, 0) is 6.92 Å². The Balaban J connectivity index is 2.54. The second-order valence-corrected chi connectivity index (χ2v) is 3.37. The Hall–Kier alpha value is -1.08. The minimum Gasteiger partial charge on any atom is -0.361 e. The Bertz CT molecular complexity index is 336. The van der Waals surface area contributed by atoms with E-state index in [1.54, 1.807) is 6.92 Å². The van der Waals surface area contributed by atoms with Crippen LogP contribution in [0.15, 0.2) is 10.6 Å². The van der Waals surface area contributed by atoms with E-state index in [1.165, 1.54) is 6.07 Å². The molecule has 1 aromatic heterocycles. The van der Waals surface area contributed by atoms with E-state index in [9.17, 15) is 4.79 Å². The summed E-state index contributed by atoms with van der Waals surface area (Å²) in [5.41, 5.74) is 4.84. The summed E-state index contributed by atoms with van der Waals surface area (Å²) < 4.78 is 4.88. The Kier molecular flexibility index (Phi) is 3.26. The van der Waals surface area contributed by atoms with E-state index in [0.29, 0.717) is 5.76 Å². The normalized spacial score (nSPS) is 9.38. The largest absolute Gasteiger partial charge is 0.361 e. The monoisotopic (exact) mass is 217 g/mol. The summed E-state index contributed by atoms with van der Waals surface area (Å²) in [5.74, 6) is 0.145. The van der Waals surface area contributed by atoms with Crippen LogP contribution in [0.2, 0.25) is 0 Å². The quantitative estimate of drug-likeness (QED) is 0.362. The van der Waals surface area contributed by atoms with Crippen molar-refractivity contribution in [3.63, 3.8) is 0 Å². The highest BCUT2D eigenvalue weighted by Crippen LogP contribution is 2.00. The lowest BCUT2D eigenvalue weighted by molar-refractivity contribution is 0.0935. The molecule has 2 N–H and O–H groups in total. The molecule has 70 valence electrons. The Morgan fingerprint density at radius 3 is 2.85 bits per heavy atom. The molecule has 1 aromatic rings. The average molecular weight is 217 g/mol. The Labute approximate surface area is 85.2 Å². The number of nitrogens with zero attached hydrogens (tertiary/aromatic N) is 1. The number of thiocarbonyl (C=S) groups is 1. The van der Waals surface area contributed by atoms with Crippen LogP contribution in [0.1, 0.15) is 16.2 Å². The molecule has 0 aromatic carbocycles. The van der Waals surface area contributed by atoms with Crippen LogP contribution in [-0.2, 0) is 0 Å². The van der Waals surface area contributed by atoms with Crippen molar-refractivity contribution in [1.82, 2.24) is 16.0 Å². The van der Waals surface area contributed by atoms with E-state index in [2.05, 4.69) is 40.9 Å². The van der Waals surface area contributed by atoms with Crippen LogP contribution in [0.4, 0.5) is 0 Å². The first-order chi connectivity index (χ1) is 6.09. The molecule has 0 aliphatic rings. The molecule has 0 fully saturated rings. The maximum absolute atomic E-state index is 11.2. The molecule has 13 heavy (non-hydrogen) atoms. The van der Waals surface area contributed by atoms with Gasteiger partial charge in [-0.1, -0.05) is 17.4 Å². The van der Waals surface area contributed by atoms with Crippen molar-refractivity contribution in [2.24, 2.45) is 0 Å². The number of hydrogen-bond acceptors (Lipinski definition) is 4. The van der Waals surface area contributed by atoms with Crippen LogP contribution in [0.5, 0.6) is 0 Å². The summed E-state index contributed by atoms with van der Waals surface area (Å²) in [6, 6.07) is 1.51. The number of thiol groups is 1. The number of nitrogens with one attached hydrogen (secondary N) is 2. The molecule has 0 spiro atoms. The summed E-state index contributed by atoms with van der Waals surface area (Å²) in [6.45, 7) is 1.69. The standard InChI is InChI=1S/C6H7N3O2S2/c1-3-2-4(9-11-3)5(10)7-8-6(12)13/h2H,1H3,(H,7,10)(H2,8,12,13). The van der Waals surface area contributed by atoms with Crippen LogP contribution >= 0.6 is 24.8 Å². The van der Waals surface area contributed by atoms with Crippen LogP contribution in [0, 0.1) is 6.92 Å². The average Bonchev–Trinajstić information content (AvgIpc) is 2.47. The molecule has 1 heterocycles. The zero-order valence-corrected chi connectivity index (χ0v) is 8.41. The highest BCUT2D eigenvalue weighted by molar-refractivity contribution is 8.11. The number of hydrogen-bond donors (Lipinski definition) is 3. The van der Waals surface area contributed by atoms with E-state index in [4.69, 9.17) is 4.52 Å². The van der Waals surface area contributed by atoms with Gasteiger partial charge in [-0.25, -0.2) is 0 Å². The summed E-state index contributed by atoms with van der Waals surface area (Å²) >= 11 is 8.32. The van der Waals surface area contributed by atoms with Crippen molar-refractivity contribution in [2.45, 2.75) is 6.92 Å². The van der Waals surface area contributed by atoms with Gasteiger partial charge in [0.05, 0.1) is 0 Å². The van der Waals surface area contributed by atoms with Gasteiger partial charge < -0.3 is 4.52 Å². The van der Waals surface area contributed by atoms with Gasteiger partial charge in [0, 0.05) is 6.07 Å². The van der Waals surface area contributed by atoms with E-state index in [1.807, 2.05) is 0 Å². The van der Waals surface area contributed by atoms with Gasteiger partial charge in [0.25, 0.3) is 5.91 Å². The summed E-state index contributed by atoms with van der Waals surface area (Å²) in [6.07, 6.45) is 0. The fraction of sp³-hybridized carbons (Fsp3) is 0.167. The van der Waals surface area contributed by atoms with Gasteiger partial charge in [0.1, 0.15) is 10.1 Å². The third-order valence-corrected chi connectivity index (χ3v) is 1.36. The predicted octanol–water partition coefficient (Wildman–Crippen LogP) is 0.432. The number of carbonyl (C=O) groups is 1. The first-order valence-electron chi connectivity index (χ1n) is 3.32. The predicted molar refractivity (Wildman–Crippen MR) is 53.4 cm³/mol. The molecule has 1 amide bonds. The van der Waals surface area contributed by atoms with Gasteiger partial charge in [0.15, 0.2) is 5.69 Å². The van der Waals surface area contributed by atoms with Gasteiger partial charge in [0.2, 0.25) is 0 Å². The molecular formula is C6H7N3O2S2. The Morgan fingerprint density at radius 2 is 2.38 bits per heavy atom. The van der Waals surface area contributed by atoms with Gasteiger partial charge >= 0.3 is 0 Å². The molecule has 0 radical (unpaired) electrons. The smallest absolute Gasteiger partial charge is 0.291 e. The first-order valence-corrected chi connectivity index (χ1v) is 4.17. The molecule has 0 aliphatic carbocycles. The minimum atomic E-state index is -0.423. The highest BCUT2D eigenvalue weighted by atomic mass is 32.1. The molecule has 0 unspecified atom stereocenters. The molecule has 0 aliphatic heterocycles. The minimum absolute atomic E-state index is 0.175. The van der Waals surface area contributed by atoms with Crippen molar-refractivity contribution < 1.29 is 9.32 Å². The van der Waals surface area contributed by atoms with Crippen LogP contribution in [0.25, 0.3) is 0 Å². The molecule has 0 saturated carbocycles. The lowest BCUT2D eigenvalue weighted by Gasteiger charge is -2.01. The molecule has 7 heteroatoms. The van der Waals surface area contributed by atoms with Crippen molar-refractivity contribution in [3.8, 4) is 0 Å². The second-order valence-electron chi connectivity index (χ2n) is 2.21. The van der Waals surface area contributed by atoms with Crippen LogP contribution in [-0.4, -0.2) is 15.4 Å². The lowest BCUT2D eigenvalue weighted by atomic mass is 10.4. The van der Waals surface area contributed by atoms with Crippen LogP contribution in [0.3, 0.4) is 0 Å². The van der Waals surface area contributed by atoms with Crippen molar-refractivity contribution in [2.75, 3.05) is 0 Å². The van der Waals surface area contributed by atoms with Crippen molar-refractivity contribution in [1.29, 1.82) is 0 Å². The number of carbonyl (C=O) groups excluding carboxylic acids is 1. The third-order valence-electron chi connectivity index (χ3n) is 1.14. The van der Waals surface area contributed by atoms with Gasteiger partial charge in [-0.3, -0.25) is 15.6 Å². The number of amides is 1. The maximum Gasteiger partial charge on any atom is 0.291 e. The lowest BCUT2D eigenvalue weighted by Crippen LogP contribution is -2.38. The zero-order valence-electron chi connectivity index (χ0n) is 6.70. The number of hydrazine groups is 1. The van der Waals surface area contributed by atoms with E-state index in [0.717, 1.165) is 0 Å². The molecule has 1 rings (SSSR count). The summed E-state index contributed by atoms with van der Waals surface area (Å²) in [5, 5.41) is 3.50. The number of aromatic nitrogens is 1. The van der Waals surface area contributed by atoms with E-state index in [-0.39, 0.29) is 10.0 Å². The third kappa shape index (κ3) is 3.03. The first kappa shape index (κ1) is 10.0. The zero-order chi connectivity index (χ0) is 9.84. The van der Waals surface area contributed by atoms with Gasteiger partial charge in [-0.2, -0.15) is 0 Å². The topological polar surface area (TPSA) is 67.2 Å². The summed E-state index contributed by atoms with van der Waals surface area (Å²) in [7, 11) is 0. The number of aryl methyl sites for hydroxylation is 1. The fourth-order valence-corrected chi connectivity index (χ4v) is 0.755. The van der Waals surface area contributed by atoms with Crippen molar-refractivity contribution in [3.05, 3.63) is 17.5 Å². The molecule has 0 saturated heterocycles. The van der Waals surface area contributed by atoms with E-state index < -0.39 is 5.91 Å². The summed E-state index contributed by atoms with van der Waals surface area (Å²) in [4.78, 5) is 11.2. The van der Waals surface area contributed by atoms with E-state index >= 15 is 0 Å². The second kappa shape index (κ2) is 4.24. The molecule has 5 nitrogen and oxygen atoms in total. The maximum atomic E-state index is 11.2. The SMILES string of the molecule is Cc1cc(C(=O)NNC(=S)S)no1. The molecular weight excluding hydrogens is 210 g/mol. The molecule has 0 atom stereocenters. The Morgan fingerprint density at radius 1 is 1.69 bits per heavy atom.